The van der Waals surface area contributed by atoms with Crippen LogP contribution < -0.4 is 5.32 Å². The Kier molecular flexibility index (Phi) is 4.33. The summed E-state index contributed by atoms with van der Waals surface area (Å²) in [7, 11) is 0. The van der Waals surface area contributed by atoms with Crippen molar-refractivity contribution >= 4 is 11.6 Å². The summed E-state index contributed by atoms with van der Waals surface area (Å²) < 4.78 is 5.56. The van der Waals surface area contributed by atoms with E-state index in [1.807, 2.05) is 26.8 Å². The molecule has 0 spiro atoms. The predicted molar refractivity (Wildman–Crippen MR) is 79.6 cm³/mol. The molecule has 19 heavy (non-hydrogen) atoms. The van der Waals surface area contributed by atoms with Gasteiger partial charge in [0.1, 0.15) is 11.5 Å². The number of furan rings is 1. The van der Waals surface area contributed by atoms with Crippen LogP contribution in [-0.2, 0) is 6.54 Å². The highest BCUT2D eigenvalue weighted by Crippen LogP contribution is 2.22. The Morgan fingerprint density at radius 2 is 1.95 bits per heavy atom. The van der Waals surface area contributed by atoms with E-state index in [0.29, 0.717) is 0 Å². The maximum atomic E-state index is 6.13. The molecule has 0 aliphatic carbocycles. The molecule has 1 aromatic carbocycles. The van der Waals surface area contributed by atoms with Crippen LogP contribution in [0.5, 0.6) is 0 Å². The van der Waals surface area contributed by atoms with E-state index in [1.54, 1.807) is 0 Å². The first-order valence-corrected chi connectivity index (χ1v) is 6.90. The Hall–Kier alpha value is -1.25. The molecule has 2 rings (SSSR count). The number of rotatable bonds is 4. The van der Waals surface area contributed by atoms with Gasteiger partial charge in [-0.3, -0.25) is 0 Å². The molecular formula is C16H20ClNO. The third-order valence-electron chi connectivity index (χ3n) is 3.39. The van der Waals surface area contributed by atoms with Crippen molar-refractivity contribution in [3.63, 3.8) is 0 Å². The third-order valence-corrected chi connectivity index (χ3v) is 3.80. The average molecular weight is 278 g/mol. The summed E-state index contributed by atoms with van der Waals surface area (Å²) in [6.45, 7) is 8.93. The second-order valence-electron chi connectivity index (χ2n) is 5.05. The van der Waals surface area contributed by atoms with Crippen LogP contribution in [0.2, 0.25) is 5.02 Å². The second-order valence-corrected chi connectivity index (χ2v) is 5.46. The van der Waals surface area contributed by atoms with Gasteiger partial charge in [-0.1, -0.05) is 23.7 Å². The van der Waals surface area contributed by atoms with E-state index in [0.717, 1.165) is 28.7 Å². The topological polar surface area (TPSA) is 25.2 Å². The lowest BCUT2D eigenvalue weighted by molar-refractivity contribution is 0.489. The Morgan fingerprint density at radius 3 is 2.53 bits per heavy atom. The first-order valence-electron chi connectivity index (χ1n) is 6.52. The molecule has 102 valence electrons. The summed E-state index contributed by atoms with van der Waals surface area (Å²) >= 11 is 6.13. The van der Waals surface area contributed by atoms with Crippen LogP contribution in [0.15, 0.2) is 28.7 Å². The minimum absolute atomic E-state index is 0.262. The molecule has 0 aliphatic heterocycles. The van der Waals surface area contributed by atoms with Crippen molar-refractivity contribution in [1.29, 1.82) is 0 Å². The van der Waals surface area contributed by atoms with Crippen molar-refractivity contribution in [2.75, 3.05) is 0 Å². The molecule has 0 amide bonds. The van der Waals surface area contributed by atoms with E-state index in [1.165, 1.54) is 11.1 Å². The SMILES string of the molecule is Cc1cc(C(C)NCc2ccc(C)c(Cl)c2)c(C)o1. The van der Waals surface area contributed by atoms with Crippen LogP contribution in [0.4, 0.5) is 0 Å². The maximum absolute atomic E-state index is 6.13. The standard InChI is InChI=1S/C16H20ClNO/c1-10-5-6-14(8-16(10)17)9-18-12(3)15-7-11(2)19-13(15)4/h5-8,12,18H,9H2,1-4H3. The van der Waals surface area contributed by atoms with Crippen LogP contribution in [-0.4, -0.2) is 0 Å². The van der Waals surface area contributed by atoms with E-state index in [9.17, 15) is 0 Å². The van der Waals surface area contributed by atoms with Gasteiger partial charge in [0.15, 0.2) is 0 Å². The van der Waals surface area contributed by atoms with Crippen LogP contribution in [0, 0.1) is 20.8 Å². The molecule has 2 aromatic rings. The third kappa shape index (κ3) is 3.40. The summed E-state index contributed by atoms with van der Waals surface area (Å²) in [6, 6.07) is 8.53. The molecule has 1 unspecified atom stereocenters. The van der Waals surface area contributed by atoms with Crippen LogP contribution >= 0.6 is 11.6 Å². The maximum Gasteiger partial charge on any atom is 0.105 e. The fourth-order valence-electron chi connectivity index (χ4n) is 2.21. The van der Waals surface area contributed by atoms with Crippen molar-refractivity contribution < 1.29 is 4.42 Å². The van der Waals surface area contributed by atoms with Gasteiger partial charge in [-0.15, -0.1) is 0 Å². The Labute approximate surface area is 119 Å². The lowest BCUT2D eigenvalue weighted by atomic mass is 10.1. The van der Waals surface area contributed by atoms with Gasteiger partial charge in [-0.2, -0.15) is 0 Å². The number of benzene rings is 1. The minimum atomic E-state index is 0.262. The van der Waals surface area contributed by atoms with Gasteiger partial charge in [-0.05, 0) is 51.0 Å². The number of nitrogens with one attached hydrogen (secondary N) is 1. The molecule has 3 heteroatoms. The Morgan fingerprint density at radius 1 is 1.21 bits per heavy atom. The Balaban J connectivity index is 2.02. The average Bonchev–Trinajstić information content (AvgIpc) is 2.70. The van der Waals surface area contributed by atoms with E-state index < -0.39 is 0 Å². The fraction of sp³-hybridized carbons (Fsp3) is 0.375. The summed E-state index contributed by atoms with van der Waals surface area (Å²) in [5.41, 5.74) is 3.52. The van der Waals surface area contributed by atoms with E-state index >= 15 is 0 Å². The largest absolute Gasteiger partial charge is 0.466 e. The van der Waals surface area contributed by atoms with Crippen molar-refractivity contribution in [3.8, 4) is 0 Å². The molecule has 2 nitrogen and oxygen atoms in total. The zero-order valence-electron chi connectivity index (χ0n) is 11.9. The zero-order valence-corrected chi connectivity index (χ0v) is 12.6. The molecule has 0 fully saturated rings. The van der Waals surface area contributed by atoms with Gasteiger partial charge in [0.2, 0.25) is 0 Å². The number of aryl methyl sites for hydroxylation is 3. The molecule has 1 N–H and O–H groups in total. The van der Waals surface area contributed by atoms with Gasteiger partial charge < -0.3 is 9.73 Å². The van der Waals surface area contributed by atoms with E-state index in [-0.39, 0.29) is 6.04 Å². The number of hydrogen-bond donors (Lipinski definition) is 1. The smallest absolute Gasteiger partial charge is 0.105 e. The predicted octanol–water partition coefficient (Wildman–Crippen LogP) is 4.71. The minimum Gasteiger partial charge on any atom is -0.466 e. The second kappa shape index (κ2) is 5.81. The van der Waals surface area contributed by atoms with Crippen molar-refractivity contribution in [2.24, 2.45) is 0 Å². The first kappa shape index (κ1) is 14.2. The molecule has 0 saturated heterocycles. The van der Waals surface area contributed by atoms with Crippen LogP contribution in [0.1, 0.15) is 41.2 Å². The molecule has 0 radical (unpaired) electrons. The van der Waals surface area contributed by atoms with Crippen molar-refractivity contribution in [3.05, 3.63) is 57.5 Å². The number of hydrogen-bond acceptors (Lipinski definition) is 2. The highest BCUT2D eigenvalue weighted by molar-refractivity contribution is 6.31. The first-order chi connectivity index (χ1) is 8.97. The zero-order chi connectivity index (χ0) is 14.0. The molecular weight excluding hydrogens is 258 g/mol. The molecule has 1 aromatic heterocycles. The summed E-state index contributed by atoms with van der Waals surface area (Å²) in [5, 5.41) is 4.32. The van der Waals surface area contributed by atoms with Crippen LogP contribution in [0.3, 0.4) is 0 Å². The molecule has 0 bridgehead atoms. The highest BCUT2D eigenvalue weighted by Gasteiger charge is 2.12. The molecule has 1 atom stereocenters. The molecule has 0 aliphatic rings. The summed E-state index contributed by atoms with van der Waals surface area (Å²) in [4.78, 5) is 0. The lowest BCUT2D eigenvalue weighted by Crippen LogP contribution is -2.18. The molecule has 1 heterocycles. The summed E-state index contributed by atoms with van der Waals surface area (Å²) in [5.74, 6) is 1.94. The normalized spacial score (nSPS) is 12.7. The number of halogens is 1. The lowest BCUT2D eigenvalue weighted by Gasteiger charge is -2.13. The van der Waals surface area contributed by atoms with Crippen LogP contribution in [0.25, 0.3) is 0 Å². The van der Waals surface area contributed by atoms with Gasteiger partial charge >= 0.3 is 0 Å². The monoisotopic (exact) mass is 277 g/mol. The molecule has 0 saturated carbocycles. The highest BCUT2D eigenvalue weighted by atomic mass is 35.5. The van der Waals surface area contributed by atoms with Gasteiger partial charge in [0, 0.05) is 23.2 Å². The van der Waals surface area contributed by atoms with Crippen molar-refractivity contribution in [2.45, 2.75) is 40.3 Å². The van der Waals surface area contributed by atoms with Gasteiger partial charge in [-0.25, -0.2) is 0 Å². The quantitative estimate of drug-likeness (QED) is 0.876. The van der Waals surface area contributed by atoms with Gasteiger partial charge in [0.05, 0.1) is 0 Å². The summed E-state index contributed by atoms with van der Waals surface area (Å²) in [6.07, 6.45) is 0. The van der Waals surface area contributed by atoms with E-state index in [4.69, 9.17) is 16.0 Å². The fourth-order valence-corrected chi connectivity index (χ4v) is 2.41. The van der Waals surface area contributed by atoms with E-state index in [2.05, 4.69) is 30.4 Å². The van der Waals surface area contributed by atoms with Gasteiger partial charge in [0.25, 0.3) is 0 Å². The Bertz CT molecular complexity index is 574. The van der Waals surface area contributed by atoms with Crippen molar-refractivity contribution in [1.82, 2.24) is 5.32 Å².